The van der Waals surface area contributed by atoms with Crippen LogP contribution in [-0.4, -0.2) is 39.5 Å². The second-order valence-electron chi connectivity index (χ2n) is 5.71. The third-order valence-corrected chi connectivity index (χ3v) is 5.43. The molecule has 3 aromatic rings. The highest BCUT2D eigenvalue weighted by atomic mass is 32.2. The zero-order valence-corrected chi connectivity index (χ0v) is 15.1. The van der Waals surface area contributed by atoms with Gasteiger partial charge in [0.2, 0.25) is 0 Å². The smallest absolute Gasteiger partial charge is 0.328 e. The monoisotopic (exact) mass is 398 g/mol. The van der Waals surface area contributed by atoms with Crippen molar-refractivity contribution in [2.24, 2.45) is 0 Å². The Labute approximate surface area is 159 Å². The van der Waals surface area contributed by atoms with E-state index in [1.807, 2.05) is 0 Å². The Morgan fingerprint density at radius 3 is 2.32 bits per heavy atom. The van der Waals surface area contributed by atoms with Gasteiger partial charge in [-0.3, -0.25) is 0 Å². The summed E-state index contributed by atoms with van der Waals surface area (Å²) in [6.07, 6.45) is 7.28. The first-order valence-corrected chi connectivity index (χ1v) is 9.36. The van der Waals surface area contributed by atoms with Crippen LogP contribution in [0.1, 0.15) is 11.1 Å². The van der Waals surface area contributed by atoms with Crippen LogP contribution in [0, 0.1) is 0 Å². The van der Waals surface area contributed by atoms with E-state index in [1.54, 1.807) is 18.2 Å². The first-order chi connectivity index (χ1) is 13.3. The second-order valence-corrected chi connectivity index (χ2v) is 7.53. The van der Waals surface area contributed by atoms with Crippen molar-refractivity contribution < 1.29 is 28.2 Å². The Kier molecular flexibility index (Phi) is 5.10. The molecule has 0 aliphatic heterocycles. The largest absolute Gasteiger partial charge is 0.478 e. The van der Waals surface area contributed by atoms with Gasteiger partial charge >= 0.3 is 11.9 Å². The zero-order chi connectivity index (χ0) is 20.3. The molecule has 0 fully saturated rings. The van der Waals surface area contributed by atoms with Crippen molar-refractivity contribution in [2.45, 2.75) is 4.90 Å². The summed E-state index contributed by atoms with van der Waals surface area (Å²) in [6, 6.07) is 9.06. The number of aliphatic carboxylic acids is 2. The predicted molar refractivity (Wildman–Crippen MR) is 102 cm³/mol. The summed E-state index contributed by atoms with van der Waals surface area (Å²) in [6.45, 7) is 0. The maximum Gasteiger partial charge on any atom is 0.328 e. The lowest BCUT2D eigenvalue weighted by molar-refractivity contribution is -0.132. The Morgan fingerprint density at radius 2 is 1.64 bits per heavy atom. The summed E-state index contributed by atoms with van der Waals surface area (Å²) >= 11 is 0. The molecule has 0 radical (unpaired) electrons. The summed E-state index contributed by atoms with van der Waals surface area (Å²) in [7, 11) is -3.96. The van der Waals surface area contributed by atoms with Crippen molar-refractivity contribution in [1.82, 2.24) is 8.96 Å². The van der Waals surface area contributed by atoms with E-state index in [-0.39, 0.29) is 10.5 Å². The lowest BCUT2D eigenvalue weighted by atomic mass is 10.2. The number of rotatable bonds is 6. The molecular weight excluding hydrogens is 384 g/mol. The van der Waals surface area contributed by atoms with Crippen LogP contribution in [0.15, 0.2) is 65.8 Å². The number of hydrogen-bond donors (Lipinski definition) is 2. The number of carbonyl (C=O) groups is 2. The number of carboxylic acids is 2. The standard InChI is InChI=1S/C19H14N2O6S/c22-17(23)6-4-13-2-1-3-16(11-13)28(26,27)21-9-8-15-10-14(5-7-18(24)25)12-20-19(15)21/h1-12H,(H,22,23)(H,24,25)/b6-4+,7-5+. The molecule has 2 N–H and O–H groups in total. The molecule has 0 spiro atoms. The summed E-state index contributed by atoms with van der Waals surface area (Å²) in [5.74, 6) is -2.24. The van der Waals surface area contributed by atoms with Gasteiger partial charge in [-0.2, -0.15) is 0 Å². The molecule has 142 valence electrons. The molecule has 1 aromatic carbocycles. The summed E-state index contributed by atoms with van der Waals surface area (Å²) < 4.78 is 27.0. The molecule has 0 saturated heterocycles. The maximum atomic E-state index is 13.0. The predicted octanol–water partition coefficient (Wildman–Crippen LogP) is 2.47. The van der Waals surface area contributed by atoms with E-state index in [0.29, 0.717) is 16.5 Å². The van der Waals surface area contributed by atoms with Crippen LogP contribution in [0.25, 0.3) is 23.2 Å². The SMILES string of the molecule is O=C(O)/C=C/c1cccc(S(=O)(=O)n2ccc3cc(/C=C/C(=O)O)cnc32)c1. The number of fused-ring (bicyclic) bond motifs is 1. The molecule has 0 atom stereocenters. The first kappa shape index (κ1) is 19.1. The van der Waals surface area contributed by atoms with E-state index < -0.39 is 22.0 Å². The Hall–Kier alpha value is -3.72. The zero-order valence-electron chi connectivity index (χ0n) is 14.3. The van der Waals surface area contributed by atoms with Crippen LogP contribution in [0.5, 0.6) is 0 Å². The number of aromatic nitrogens is 2. The number of pyridine rings is 1. The fraction of sp³-hybridized carbons (Fsp3) is 0. The average molecular weight is 398 g/mol. The average Bonchev–Trinajstić information content (AvgIpc) is 3.09. The normalized spacial score (nSPS) is 12.1. The number of carboxylic acid groups (broad SMARTS) is 2. The van der Waals surface area contributed by atoms with Gasteiger partial charge in [-0.1, -0.05) is 12.1 Å². The van der Waals surface area contributed by atoms with Crippen LogP contribution >= 0.6 is 0 Å². The summed E-state index contributed by atoms with van der Waals surface area (Å²) in [4.78, 5) is 25.4. The number of nitrogens with zero attached hydrogens (tertiary/aromatic N) is 2. The van der Waals surface area contributed by atoms with Crippen molar-refractivity contribution in [1.29, 1.82) is 0 Å². The molecule has 0 aliphatic carbocycles. The molecule has 3 rings (SSSR count). The minimum Gasteiger partial charge on any atom is -0.478 e. The van der Waals surface area contributed by atoms with E-state index >= 15 is 0 Å². The van der Waals surface area contributed by atoms with Gasteiger partial charge in [0.25, 0.3) is 10.0 Å². The molecule has 0 unspecified atom stereocenters. The topological polar surface area (TPSA) is 127 Å². The molecule has 0 saturated carbocycles. The third kappa shape index (κ3) is 3.99. The lowest BCUT2D eigenvalue weighted by Gasteiger charge is -2.08. The van der Waals surface area contributed by atoms with E-state index in [0.717, 1.165) is 16.1 Å². The van der Waals surface area contributed by atoms with Crippen molar-refractivity contribution in [2.75, 3.05) is 0 Å². The molecular formula is C19H14N2O6S. The maximum absolute atomic E-state index is 13.0. The quantitative estimate of drug-likeness (QED) is 0.611. The van der Waals surface area contributed by atoms with Gasteiger partial charge in [0, 0.05) is 29.9 Å². The van der Waals surface area contributed by atoms with Gasteiger partial charge in [0.15, 0.2) is 5.65 Å². The summed E-state index contributed by atoms with van der Waals surface area (Å²) in [5, 5.41) is 17.9. The molecule has 28 heavy (non-hydrogen) atoms. The van der Waals surface area contributed by atoms with E-state index in [9.17, 15) is 18.0 Å². The van der Waals surface area contributed by atoms with E-state index in [4.69, 9.17) is 10.2 Å². The number of hydrogen-bond acceptors (Lipinski definition) is 5. The van der Waals surface area contributed by atoms with Crippen molar-refractivity contribution in [3.05, 3.63) is 72.1 Å². The molecule has 2 aromatic heterocycles. The number of benzene rings is 1. The van der Waals surface area contributed by atoms with E-state index in [1.165, 1.54) is 42.7 Å². The van der Waals surface area contributed by atoms with E-state index in [2.05, 4.69) is 4.98 Å². The molecule has 2 heterocycles. The minimum atomic E-state index is -3.96. The van der Waals surface area contributed by atoms with Gasteiger partial charge < -0.3 is 10.2 Å². The lowest BCUT2D eigenvalue weighted by Crippen LogP contribution is -2.12. The Balaban J connectivity index is 2.03. The molecule has 8 nitrogen and oxygen atoms in total. The summed E-state index contributed by atoms with van der Waals surface area (Å²) in [5.41, 5.74) is 1.14. The van der Waals surface area contributed by atoms with Gasteiger partial charge in [-0.25, -0.2) is 27.0 Å². The minimum absolute atomic E-state index is 0.0193. The Morgan fingerprint density at radius 1 is 0.964 bits per heavy atom. The van der Waals surface area contributed by atoms with Crippen LogP contribution in [0.3, 0.4) is 0 Å². The fourth-order valence-corrected chi connectivity index (χ4v) is 3.89. The molecule has 9 heteroatoms. The Bertz CT molecular complexity index is 1240. The van der Waals surface area contributed by atoms with Crippen LogP contribution in [-0.2, 0) is 19.6 Å². The highest BCUT2D eigenvalue weighted by molar-refractivity contribution is 7.90. The molecule has 0 bridgehead atoms. The highest BCUT2D eigenvalue weighted by Gasteiger charge is 2.20. The fourth-order valence-electron chi connectivity index (χ4n) is 2.53. The first-order valence-electron chi connectivity index (χ1n) is 7.92. The third-order valence-electron chi connectivity index (χ3n) is 3.77. The van der Waals surface area contributed by atoms with Gasteiger partial charge in [-0.15, -0.1) is 0 Å². The van der Waals surface area contributed by atoms with Crippen LogP contribution in [0.2, 0.25) is 0 Å². The van der Waals surface area contributed by atoms with Gasteiger partial charge in [-0.05, 0) is 47.5 Å². The molecule has 0 amide bonds. The van der Waals surface area contributed by atoms with Crippen molar-refractivity contribution in [3.8, 4) is 0 Å². The van der Waals surface area contributed by atoms with Gasteiger partial charge in [0.05, 0.1) is 4.90 Å². The van der Waals surface area contributed by atoms with Gasteiger partial charge in [0.1, 0.15) is 0 Å². The second kappa shape index (κ2) is 7.49. The van der Waals surface area contributed by atoms with Crippen molar-refractivity contribution >= 4 is 45.1 Å². The van der Waals surface area contributed by atoms with Crippen LogP contribution in [0.4, 0.5) is 0 Å². The van der Waals surface area contributed by atoms with Crippen molar-refractivity contribution in [3.63, 3.8) is 0 Å². The molecule has 0 aliphatic rings. The highest BCUT2D eigenvalue weighted by Crippen LogP contribution is 2.23. The van der Waals surface area contributed by atoms with Crippen LogP contribution < -0.4 is 0 Å².